The number of rotatable bonds is 7. The lowest BCUT2D eigenvalue weighted by molar-refractivity contribution is 0.327. The zero-order chi connectivity index (χ0) is 23.5. The Balaban J connectivity index is 1.40. The van der Waals surface area contributed by atoms with Crippen LogP contribution >= 0.6 is 0 Å². The molecule has 0 saturated heterocycles. The number of imidazole rings is 1. The monoisotopic (exact) mass is 458 g/mol. The number of aryl methyl sites for hydroxylation is 1. The summed E-state index contributed by atoms with van der Waals surface area (Å²) in [4.78, 5) is 18.3. The van der Waals surface area contributed by atoms with E-state index in [2.05, 4.69) is 25.6 Å². The van der Waals surface area contributed by atoms with Gasteiger partial charge in [0.15, 0.2) is 0 Å². The fraction of sp³-hybridized carbons (Fsp3) is 0.360. The molecule has 176 valence electrons. The highest BCUT2D eigenvalue weighted by atomic mass is 16.5. The van der Waals surface area contributed by atoms with Crippen molar-refractivity contribution in [3.05, 3.63) is 54.6 Å². The molecule has 0 spiro atoms. The molecule has 9 heteroatoms. The minimum absolute atomic E-state index is 0.312. The number of hydrogen-bond acceptors (Lipinski definition) is 8. The highest BCUT2D eigenvalue weighted by Gasteiger charge is 2.20. The Labute approximate surface area is 198 Å². The van der Waals surface area contributed by atoms with Gasteiger partial charge in [-0.05, 0) is 63.3 Å². The quantitative estimate of drug-likeness (QED) is 0.375. The molecule has 0 aliphatic heterocycles. The molecule has 1 saturated carbocycles. The van der Waals surface area contributed by atoms with Crippen LogP contribution in [0, 0.1) is 6.92 Å². The van der Waals surface area contributed by atoms with E-state index in [1.807, 2.05) is 61.1 Å². The number of pyridine rings is 2. The van der Waals surface area contributed by atoms with Crippen LogP contribution in [-0.2, 0) is 0 Å². The summed E-state index contributed by atoms with van der Waals surface area (Å²) < 4.78 is 7.47. The third-order valence-corrected chi connectivity index (χ3v) is 6.14. The van der Waals surface area contributed by atoms with Crippen molar-refractivity contribution in [1.82, 2.24) is 24.3 Å². The van der Waals surface area contributed by atoms with Gasteiger partial charge in [0.1, 0.15) is 5.65 Å². The average Bonchev–Trinajstić information content (AvgIpc) is 3.26. The fourth-order valence-electron chi connectivity index (χ4n) is 4.30. The van der Waals surface area contributed by atoms with Gasteiger partial charge in [-0.15, -0.1) is 0 Å². The molecule has 1 aliphatic rings. The van der Waals surface area contributed by atoms with Crippen LogP contribution in [0.1, 0.15) is 38.2 Å². The van der Waals surface area contributed by atoms with Crippen molar-refractivity contribution in [2.75, 3.05) is 17.2 Å². The molecular formula is C25H30N8O. The van der Waals surface area contributed by atoms with E-state index in [1.165, 1.54) is 0 Å². The van der Waals surface area contributed by atoms with E-state index in [9.17, 15) is 0 Å². The fourth-order valence-corrected chi connectivity index (χ4v) is 4.30. The molecule has 4 aromatic rings. The minimum Gasteiger partial charge on any atom is -0.478 e. The van der Waals surface area contributed by atoms with Gasteiger partial charge in [-0.2, -0.15) is 0 Å². The van der Waals surface area contributed by atoms with Crippen LogP contribution in [0.4, 0.5) is 17.3 Å². The third kappa shape index (κ3) is 4.79. The summed E-state index contributed by atoms with van der Waals surface area (Å²) in [5, 5.41) is 6.90. The Morgan fingerprint density at radius 1 is 1.00 bits per heavy atom. The van der Waals surface area contributed by atoms with Gasteiger partial charge < -0.3 is 21.1 Å². The number of hydrogen-bond donors (Lipinski definition) is 3. The van der Waals surface area contributed by atoms with Crippen LogP contribution in [0.15, 0.2) is 49.1 Å². The Hall–Kier alpha value is -3.72. The lowest BCUT2D eigenvalue weighted by atomic mass is 9.92. The van der Waals surface area contributed by atoms with Crippen molar-refractivity contribution in [2.24, 2.45) is 5.73 Å². The van der Waals surface area contributed by atoms with Gasteiger partial charge in [-0.3, -0.25) is 4.40 Å². The van der Waals surface area contributed by atoms with Crippen LogP contribution in [0.5, 0.6) is 5.88 Å². The zero-order valence-electron chi connectivity index (χ0n) is 19.5. The summed E-state index contributed by atoms with van der Waals surface area (Å²) in [6.45, 7) is 4.55. The maximum absolute atomic E-state index is 6.05. The van der Waals surface area contributed by atoms with Gasteiger partial charge in [-0.1, -0.05) is 0 Å². The minimum atomic E-state index is 0.312. The number of aromatic nitrogens is 5. The van der Waals surface area contributed by atoms with Gasteiger partial charge in [0.05, 0.1) is 41.8 Å². The SMILES string of the molecule is CCOc1ccc(Nc2ccc3ncc(-c4nc(N[C@H]5CC[C@H](N)CC5)ncc4C)n3c2)cn1. The van der Waals surface area contributed by atoms with Crippen LogP contribution in [-0.4, -0.2) is 43.0 Å². The molecule has 5 rings (SSSR count). The third-order valence-electron chi connectivity index (χ3n) is 6.14. The largest absolute Gasteiger partial charge is 0.478 e. The van der Waals surface area contributed by atoms with Crippen LogP contribution in [0.25, 0.3) is 17.0 Å². The predicted molar refractivity (Wildman–Crippen MR) is 133 cm³/mol. The Morgan fingerprint density at radius 3 is 2.59 bits per heavy atom. The number of fused-ring (bicyclic) bond motifs is 1. The summed E-state index contributed by atoms with van der Waals surface area (Å²) in [5.41, 5.74) is 11.5. The van der Waals surface area contributed by atoms with Gasteiger partial charge >= 0.3 is 0 Å². The summed E-state index contributed by atoms with van der Waals surface area (Å²) >= 11 is 0. The maximum Gasteiger partial charge on any atom is 0.223 e. The number of nitrogens with one attached hydrogen (secondary N) is 2. The molecule has 0 unspecified atom stereocenters. The second-order valence-electron chi connectivity index (χ2n) is 8.71. The smallest absolute Gasteiger partial charge is 0.223 e. The van der Waals surface area contributed by atoms with E-state index in [0.29, 0.717) is 30.5 Å². The molecule has 1 fully saturated rings. The van der Waals surface area contributed by atoms with E-state index >= 15 is 0 Å². The Kier molecular flexibility index (Phi) is 6.27. The molecule has 4 heterocycles. The topological polar surface area (TPSA) is 115 Å². The molecular weight excluding hydrogens is 428 g/mol. The molecule has 0 bridgehead atoms. The van der Waals surface area contributed by atoms with E-state index in [1.54, 1.807) is 6.20 Å². The summed E-state index contributed by atoms with van der Waals surface area (Å²) in [7, 11) is 0. The van der Waals surface area contributed by atoms with E-state index in [-0.39, 0.29) is 0 Å². The first kappa shape index (κ1) is 22.1. The first-order valence-electron chi connectivity index (χ1n) is 11.8. The Bertz CT molecular complexity index is 1260. The van der Waals surface area contributed by atoms with E-state index in [4.69, 9.17) is 15.5 Å². The molecule has 0 atom stereocenters. The second kappa shape index (κ2) is 9.64. The molecule has 9 nitrogen and oxygen atoms in total. The molecule has 0 radical (unpaired) electrons. The van der Waals surface area contributed by atoms with Gasteiger partial charge in [0.25, 0.3) is 0 Å². The van der Waals surface area contributed by atoms with Gasteiger partial charge in [0.2, 0.25) is 11.8 Å². The van der Waals surface area contributed by atoms with Crippen molar-refractivity contribution in [2.45, 2.75) is 51.6 Å². The second-order valence-corrected chi connectivity index (χ2v) is 8.71. The Morgan fingerprint density at radius 2 is 1.82 bits per heavy atom. The lowest BCUT2D eigenvalue weighted by Gasteiger charge is -2.26. The van der Waals surface area contributed by atoms with Crippen LogP contribution in [0.3, 0.4) is 0 Å². The van der Waals surface area contributed by atoms with Crippen LogP contribution < -0.4 is 21.1 Å². The molecule has 34 heavy (non-hydrogen) atoms. The van der Waals surface area contributed by atoms with Gasteiger partial charge in [0, 0.05) is 30.5 Å². The van der Waals surface area contributed by atoms with Crippen molar-refractivity contribution in [3.63, 3.8) is 0 Å². The summed E-state index contributed by atoms with van der Waals surface area (Å²) in [6, 6.07) is 8.45. The number of nitrogens with two attached hydrogens (primary N) is 1. The van der Waals surface area contributed by atoms with Crippen molar-refractivity contribution in [1.29, 1.82) is 0 Å². The highest BCUT2D eigenvalue weighted by Crippen LogP contribution is 2.27. The summed E-state index contributed by atoms with van der Waals surface area (Å²) in [5.74, 6) is 1.26. The molecule has 1 aliphatic carbocycles. The van der Waals surface area contributed by atoms with Crippen LogP contribution in [0.2, 0.25) is 0 Å². The summed E-state index contributed by atoms with van der Waals surface area (Å²) in [6.07, 6.45) is 11.6. The maximum atomic E-state index is 6.05. The van der Waals surface area contributed by atoms with E-state index in [0.717, 1.165) is 59.7 Å². The predicted octanol–water partition coefficient (Wildman–Crippen LogP) is 4.32. The number of ether oxygens (including phenoxy) is 1. The molecule has 4 N–H and O–H groups in total. The zero-order valence-corrected chi connectivity index (χ0v) is 19.5. The van der Waals surface area contributed by atoms with E-state index < -0.39 is 0 Å². The van der Waals surface area contributed by atoms with Crippen molar-refractivity contribution < 1.29 is 4.74 Å². The van der Waals surface area contributed by atoms with Crippen molar-refractivity contribution in [3.8, 4) is 17.3 Å². The average molecular weight is 459 g/mol. The molecule has 4 aromatic heterocycles. The first-order valence-corrected chi connectivity index (χ1v) is 11.8. The highest BCUT2D eigenvalue weighted by molar-refractivity contribution is 5.67. The molecule has 0 aromatic carbocycles. The van der Waals surface area contributed by atoms with Crippen molar-refractivity contribution >= 4 is 23.0 Å². The standard InChI is InChI=1S/C25H30N8O/c1-3-34-23-11-9-19(13-28-23)30-20-8-10-22-27-14-21(33(22)15-20)24-16(2)12-29-25(32-24)31-18-6-4-17(26)5-7-18/h8-15,17-18,30H,3-7,26H2,1-2H3,(H,29,31,32)/t17-,18-. The first-order chi connectivity index (χ1) is 16.6. The van der Waals surface area contributed by atoms with Gasteiger partial charge in [-0.25, -0.2) is 19.9 Å². The normalized spacial score (nSPS) is 18.1. The molecule has 0 amide bonds. The number of nitrogens with zero attached hydrogens (tertiary/aromatic N) is 5. The lowest BCUT2D eigenvalue weighted by Crippen LogP contribution is -2.33. The number of anilines is 3.